The number of hydrogen-bond acceptors (Lipinski definition) is 4. The number of amides is 1. The number of rotatable bonds is 4. The first-order chi connectivity index (χ1) is 12.8. The van der Waals surface area contributed by atoms with Crippen LogP contribution in [0.3, 0.4) is 0 Å². The predicted octanol–water partition coefficient (Wildman–Crippen LogP) is 2.30. The van der Waals surface area contributed by atoms with Gasteiger partial charge in [0.15, 0.2) is 0 Å². The summed E-state index contributed by atoms with van der Waals surface area (Å²) in [4.78, 5) is 21.3. The van der Waals surface area contributed by atoms with Crippen molar-refractivity contribution in [2.24, 2.45) is 0 Å². The first kappa shape index (κ1) is 17.2. The van der Waals surface area contributed by atoms with Crippen LogP contribution >= 0.6 is 0 Å². The zero-order valence-electron chi connectivity index (χ0n) is 15.0. The van der Waals surface area contributed by atoms with Gasteiger partial charge in [-0.05, 0) is 23.6 Å². The molecule has 0 N–H and O–H groups in total. The number of hydrogen-bond donors (Lipinski definition) is 0. The third kappa shape index (κ3) is 3.79. The Morgan fingerprint density at radius 2 is 2.00 bits per heavy atom. The lowest BCUT2D eigenvalue weighted by Gasteiger charge is -2.48. The van der Waals surface area contributed by atoms with Crippen molar-refractivity contribution in [2.45, 2.75) is 24.9 Å². The van der Waals surface area contributed by atoms with Crippen LogP contribution in [0.25, 0.3) is 0 Å². The maximum absolute atomic E-state index is 12.6. The van der Waals surface area contributed by atoms with Crippen LogP contribution in [0.5, 0.6) is 0 Å². The monoisotopic (exact) mass is 351 g/mol. The fraction of sp³-hybridized carbons (Fsp3) is 0.429. The van der Waals surface area contributed by atoms with Gasteiger partial charge in [0, 0.05) is 38.4 Å². The third-order valence-electron chi connectivity index (χ3n) is 5.40. The number of pyridine rings is 1. The highest BCUT2D eigenvalue weighted by Gasteiger charge is 2.37. The molecule has 0 spiro atoms. The van der Waals surface area contributed by atoms with Crippen molar-refractivity contribution in [3.63, 3.8) is 0 Å². The molecular formula is C21H25N3O2. The summed E-state index contributed by atoms with van der Waals surface area (Å²) in [6.07, 6.45) is 4.89. The van der Waals surface area contributed by atoms with E-state index in [9.17, 15) is 4.79 Å². The zero-order chi connectivity index (χ0) is 17.8. The summed E-state index contributed by atoms with van der Waals surface area (Å²) in [6.45, 7) is 3.90. The van der Waals surface area contributed by atoms with E-state index >= 15 is 0 Å². The number of benzene rings is 1. The highest BCUT2D eigenvalue weighted by atomic mass is 16.5. The molecule has 136 valence electrons. The number of aryl methyl sites for hydroxylation is 1. The van der Waals surface area contributed by atoms with Gasteiger partial charge in [-0.25, -0.2) is 0 Å². The Bertz CT molecular complexity index is 723. The lowest BCUT2D eigenvalue weighted by Crippen LogP contribution is -2.60. The van der Waals surface area contributed by atoms with Crippen LogP contribution < -0.4 is 0 Å². The van der Waals surface area contributed by atoms with Crippen LogP contribution in [0.1, 0.15) is 23.6 Å². The number of carbonyl (C=O) groups is 1. The molecule has 3 heterocycles. The summed E-state index contributed by atoms with van der Waals surface area (Å²) >= 11 is 0. The molecule has 2 aliphatic rings. The summed E-state index contributed by atoms with van der Waals surface area (Å²) in [5, 5.41) is 0. The fourth-order valence-corrected chi connectivity index (χ4v) is 3.98. The molecule has 1 aromatic carbocycles. The largest absolute Gasteiger partial charge is 0.378 e. The number of morpholine rings is 1. The molecule has 0 aliphatic carbocycles. The summed E-state index contributed by atoms with van der Waals surface area (Å²) < 4.78 is 5.88. The Hall–Kier alpha value is -2.24. The fourth-order valence-electron chi connectivity index (χ4n) is 3.98. The van der Waals surface area contributed by atoms with Crippen molar-refractivity contribution in [1.82, 2.24) is 14.8 Å². The van der Waals surface area contributed by atoms with Gasteiger partial charge in [-0.1, -0.05) is 36.4 Å². The van der Waals surface area contributed by atoms with E-state index in [0.29, 0.717) is 19.1 Å². The Kier molecular flexibility index (Phi) is 5.27. The second-order valence-electron chi connectivity index (χ2n) is 7.06. The van der Waals surface area contributed by atoms with Crippen molar-refractivity contribution in [2.75, 3.05) is 32.8 Å². The van der Waals surface area contributed by atoms with E-state index in [0.717, 1.165) is 38.2 Å². The van der Waals surface area contributed by atoms with Crippen molar-refractivity contribution >= 4 is 5.91 Å². The van der Waals surface area contributed by atoms with Crippen molar-refractivity contribution in [3.8, 4) is 0 Å². The summed E-state index contributed by atoms with van der Waals surface area (Å²) in [5.41, 5.74) is 2.41. The van der Waals surface area contributed by atoms with E-state index in [1.165, 1.54) is 5.56 Å². The van der Waals surface area contributed by atoms with Gasteiger partial charge in [-0.15, -0.1) is 0 Å². The molecule has 0 saturated carbocycles. The zero-order valence-corrected chi connectivity index (χ0v) is 15.0. The van der Waals surface area contributed by atoms with E-state index in [-0.39, 0.29) is 11.9 Å². The van der Waals surface area contributed by atoms with E-state index in [4.69, 9.17) is 4.74 Å². The van der Waals surface area contributed by atoms with Gasteiger partial charge in [0.05, 0.1) is 25.3 Å². The van der Waals surface area contributed by atoms with E-state index in [1.807, 2.05) is 29.3 Å². The lowest BCUT2D eigenvalue weighted by atomic mass is 10.00. The van der Waals surface area contributed by atoms with Gasteiger partial charge in [0.1, 0.15) is 0 Å². The van der Waals surface area contributed by atoms with Crippen molar-refractivity contribution in [1.29, 1.82) is 0 Å². The quantitative estimate of drug-likeness (QED) is 0.848. The first-order valence-electron chi connectivity index (χ1n) is 9.36. The standard InChI is InChI=1S/C21H25N3O2/c25-21(9-8-17-5-4-10-22-13-17)23-11-12-24-19(14-23)15-26-16-20(24)18-6-2-1-3-7-18/h1-7,10,13,19-20H,8-9,11-12,14-16H2/t19-,20-/m1/s1. The van der Waals surface area contributed by atoms with Gasteiger partial charge >= 0.3 is 0 Å². The van der Waals surface area contributed by atoms with E-state index < -0.39 is 0 Å². The van der Waals surface area contributed by atoms with Crippen molar-refractivity contribution in [3.05, 3.63) is 66.0 Å². The Labute approximate surface area is 154 Å². The third-order valence-corrected chi connectivity index (χ3v) is 5.40. The molecule has 1 aromatic heterocycles. The molecule has 2 saturated heterocycles. The topological polar surface area (TPSA) is 45.7 Å². The Balaban J connectivity index is 1.36. The van der Waals surface area contributed by atoms with Gasteiger partial charge in [-0.2, -0.15) is 0 Å². The predicted molar refractivity (Wildman–Crippen MR) is 99.6 cm³/mol. The molecule has 5 heteroatoms. The van der Waals surface area contributed by atoms with Gasteiger partial charge in [0.2, 0.25) is 5.91 Å². The van der Waals surface area contributed by atoms with Crippen LogP contribution in [0.15, 0.2) is 54.9 Å². The molecule has 2 fully saturated rings. The number of aromatic nitrogens is 1. The number of carbonyl (C=O) groups excluding carboxylic acids is 1. The van der Waals surface area contributed by atoms with Crippen LogP contribution in [-0.2, 0) is 16.0 Å². The van der Waals surface area contributed by atoms with E-state index in [1.54, 1.807) is 6.20 Å². The second-order valence-corrected chi connectivity index (χ2v) is 7.06. The average Bonchev–Trinajstić information content (AvgIpc) is 2.72. The number of nitrogens with zero attached hydrogens (tertiary/aromatic N) is 3. The van der Waals surface area contributed by atoms with Crippen LogP contribution in [0.2, 0.25) is 0 Å². The Morgan fingerprint density at radius 3 is 2.81 bits per heavy atom. The molecule has 26 heavy (non-hydrogen) atoms. The molecular weight excluding hydrogens is 326 g/mol. The summed E-state index contributed by atoms with van der Waals surface area (Å²) in [5.74, 6) is 0.232. The molecule has 0 unspecified atom stereocenters. The maximum Gasteiger partial charge on any atom is 0.223 e. The van der Waals surface area contributed by atoms with Crippen molar-refractivity contribution < 1.29 is 9.53 Å². The first-order valence-corrected chi connectivity index (χ1v) is 9.36. The Morgan fingerprint density at radius 1 is 1.12 bits per heavy atom. The molecule has 4 rings (SSSR count). The number of ether oxygens (including phenoxy) is 1. The summed E-state index contributed by atoms with van der Waals surface area (Å²) in [7, 11) is 0. The van der Waals surface area contributed by atoms with Gasteiger partial charge in [0.25, 0.3) is 0 Å². The highest BCUT2D eigenvalue weighted by molar-refractivity contribution is 5.76. The average molecular weight is 351 g/mol. The molecule has 2 aromatic rings. The van der Waals surface area contributed by atoms with Gasteiger partial charge < -0.3 is 9.64 Å². The SMILES string of the molecule is O=C(CCc1cccnc1)N1CCN2[C@@H](COC[C@@H]2c2ccccc2)C1. The summed E-state index contributed by atoms with van der Waals surface area (Å²) in [6, 6.07) is 15.1. The number of fused-ring (bicyclic) bond motifs is 1. The molecule has 2 aliphatic heterocycles. The molecule has 0 bridgehead atoms. The normalized spacial score (nSPS) is 23.5. The second kappa shape index (κ2) is 7.98. The minimum absolute atomic E-state index is 0.232. The maximum atomic E-state index is 12.6. The molecule has 0 radical (unpaired) electrons. The van der Waals surface area contributed by atoms with Crippen LogP contribution in [-0.4, -0.2) is 59.6 Å². The molecule has 2 atom stereocenters. The minimum atomic E-state index is 0.232. The van der Waals surface area contributed by atoms with Crippen LogP contribution in [0.4, 0.5) is 0 Å². The molecule has 1 amide bonds. The highest BCUT2D eigenvalue weighted by Crippen LogP contribution is 2.29. The molecule has 5 nitrogen and oxygen atoms in total. The van der Waals surface area contributed by atoms with E-state index in [2.05, 4.69) is 34.1 Å². The number of piperazine rings is 1. The van der Waals surface area contributed by atoms with Gasteiger partial charge in [-0.3, -0.25) is 14.7 Å². The minimum Gasteiger partial charge on any atom is -0.378 e. The smallest absolute Gasteiger partial charge is 0.223 e. The van der Waals surface area contributed by atoms with Crippen LogP contribution in [0, 0.1) is 0 Å². The lowest BCUT2D eigenvalue weighted by molar-refractivity contribution is -0.140.